The van der Waals surface area contributed by atoms with Gasteiger partial charge in [-0.15, -0.1) is 0 Å². The van der Waals surface area contributed by atoms with E-state index in [4.69, 9.17) is 5.73 Å². The van der Waals surface area contributed by atoms with Gasteiger partial charge >= 0.3 is 0 Å². The molecule has 2 rings (SSSR count). The number of nitrogen functional groups attached to an aromatic ring is 1. The Bertz CT molecular complexity index is 536. The van der Waals surface area contributed by atoms with Crippen LogP contribution in [0.4, 0.5) is 20.2 Å². The summed E-state index contributed by atoms with van der Waals surface area (Å²) in [6.07, 6.45) is 0. The zero-order valence-electron chi connectivity index (χ0n) is 9.15. The Morgan fingerprint density at radius 1 is 1.41 bits per heavy atom. The molecule has 1 aromatic rings. The molecule has 1 saturated heterocycles. The van der Waals surface area contributed by atoms with Crippen LogP contribution in [0.3, 0.4) is 0 Å². The molecule has 1 aromatic carbocycles. The average molecular weight is 262 g/mol. The normalized spacial score (nSPS) is 23.0. The van der Waals surface area contributed by atoms with Crippen molar-refractivity contribution in [3.63, 3.8) is 0 Å². The fourth-order valence-electron chi connectivity index (χ4n) is 1.98. The third-order valence-corrected chi connectivity index (χ3v) is 4.61. The predicted octanol–water partition coefficient (Wildman–Crippen LogP) is 1.33. The second-order valence-corrected chi connectivity index (χ2v) is 6.18. The number of hydrogen-bond donors (Lipinski definition) is 1. The van der Waals surface area contributed by atoms with E-state index in [-0.39, 0.29) is 29.6 Å². The average Bonchev–Trinajstić information content (AvgIpc) is 2.37. The molecule has 0 radical (unpaired) electrons. The number of sulfonamides is 1. The van der Waals surface area contributed by atoms with E-state index in [9.17, 15) is 17.2 Å². The zero-order chi connectivity index (χ0) is 12.8. The van der Waals surface area contributed by atoms with E-state index < -0.39 is 21.7 Å². The smallest absolute Gasteiger partial charge is 0.235 e. The molecule has 1 fully saturated rings. The van der Waals surface area contributed by atoms with Crippen LogP contribution in [0.5, 0.6) is 0 Å². The lowest BCUT2D eigenvalue weighted by molar-refractivity contribution is 0.579. The number of hydrogen-bond acceptors (Lipinski definition) is 3. The van der Waals surface area contributed by atoms with Crippen LogP contribution in [0, 0.1) is 17.6 Å². The molecule has 1 heterocycles. The van der Waals surface area contributed by atoms with Gasteiger partial charge in [-0.3, -0.25) is 4.31 Å². The second-order valence-electron chi connectivity index (χ2n) is 4.24. The molecule has 1 aliphatic heterocycles. The van der Waals surface area contributed by atoms with E-state index in [2.05, 4.69) is 0 Å². The first-order chi connectivity index (χ1) is 7.81. The van der Waals surface area contributed by atoms with Crippen molar-refractivity contribution < 1.29 is 17.2 Å². The van der Waals surface area contributed by atoms with Gasteiger partial charge in [0, 0.05) is 12.6 Å². The van der Waals surface area contributed by atoms with Gasteiger partial charge in [0.25, 0.3) is 0 Å². The Hall–Kier alpha value is -1.37. The molecule has 0 spiro atoms. The van der Waals surface area contributed by atoms with E-state index >= 15 is 0 Å². The standard InChI is InChI=1S/C10H12F2N2O2S/c1-6-4-14(17(15,16)5-6)10-8(12)2-7(11)3-9(10)13/h2-3,6H,4-5,13H2,1H3. The summed E-state index contributed by atoms with van der Waals surface area (Å²) >= 11 is 0. The minimum absolute atomic E-state index is 0.0523. The summed E-state index contributed by atoms with van der Waals surface area (Å²) in [5.41, 5.74) is 5.02. The zero-order valence-corrected chi connectivity index (χ0v) is 9.97. The molecule has 1 aliphatic rings. The van der Waals surface area contributed by atoms with Gasteiger partial charge in [-0.1, -0.05) is 6.92 Å². The van der Waals surface area contributed by atoms with Gasteiger partial charge < -0.3 is 5.73 Å². The summed E-state index contributed by atoms with van der Waals surface area (Å²) in [6.45, 7) is 1.91. The maximum absolute atomic E-state index is 13.6. The molecule has 0 aromatic heterocycles. The number of rotatable bonds is 1. The molecule has 1 atom stereocenters. The van der Waals surface area contributed by atoms with Crippen molar-refractivity contribution in [1.29, 1.82) is 0 Å². The van der Waals surface area contributed by atoms with Gasteiger partial charge in [0.05, 0.1) is 11.4 Å². The molecule has 1 unspecified atom stereocenters. The van der Waals surface area contributed by atoms with E-state index in [1.165, 1.54) is 0 Å². The van der Waals surface area contributed by atoms with Crippen LogP contribution in [-0.2, 0) is 10.0 Å². The molecule has 0 saturated carbocycles. The van der Waals surface area contributed by atoms with Crippen molar-refractivity contribution in [2.24, 2.45) is 5.92 Å². The van der Waals surface area contributed by atoms with Gasteiger partial charge in [-0.2, -0.15) is 0 Å². The fourth-order valence-corrected chi connectivity index (χ4v) is 3.94. The number of nitrogens with two attached hydrogens (primary N) is 1. The lowest BCUT2D eigenvalue weighted by Crippen LogP contribution is -2.27. The summed E-state index contributed by atoms with van der Waals surface area (Å²) in [5.74, 6) is -1.94. The molecule has 7 heteroatoms. The van der Waals surface area contributed by atoms with Crippen molar-refractivity contribution in [3.05, 3.63) is 23.8 Å². The molecule has 0 bridgehead atoms. The molecule has 94 valence electrons. The van der Waals surface area contributed by atoms with E-state index in [0.717, 1.165) is 10.4 Å². The second kappa shape index (κ2) is 3.83. The Balaban J connectivity index is 2.55. The minimum Gasteiger partial charge on any atom is -0.397 e. The summed E-state index contributed by atoms with van der Waals surface area (Å²) in [5, 5.41) is 0. The lowest BCUT2D eigenvalue weighted by atomic mass is 10.2. The van der Waals surface area contributed by atoms with Crippen LogP contribution in [0.25, 0.3) is 0 Å². The maximum Gasteiger partial charge on any atom is 0.235 e. The van der Waals surface area contributed by atoms with Gasteiger partial charge in [-0.25, -0.2) is 17.2 Å². The Morgan fingerprint density at radius 3 is 2.53 bits per heavy atom. The van der Waals surface area contributed by atoms with Crippen molar-refractivity contribution in [1.82, 2.24) is 0 Å². The van der Waals surface area contributed by atoms with Crippen molar-refractivity contribution in [3.8, 4) is 0 Å². The summed E-state index contributed by atoms with van der Waals surface area (Å²) in [7, 11) is -3.56. The van der Waals surface area contributed by atoms with Gasteiger partial charge in [0.2, 0.25) is 10.0 Å². The van der Waals surface area contributed by atoms with Crippen LogP contribution in [0.2, 0.25) is 0 Å². The first kappa shape index (κ1) is 12.1. The van der Waals surface area contributed by atoms with Gasteiger partial charge in [0.1, 0.15) is 11.5 Å². The van der Waals surface area contributed by atoms with E-state index in [1.807, 2.05) is 0 Å². The highest BCUT2D eigenvalue weighted by Gasteiger charge is 2.36. The van der Waals surface area contributed by atoms with Crippen LogP contribution in [0.1, 0.15) is 6.92 Å². The molecule has 0 aliphatic carbocycles. The topological polar surface area (TPSA) is 63.4 Å². The number of halogens is 2. The number of anilines is 2. The van der Waals surface area contributed by atoms with Crippen molar-refractivity contribution in [2.75, 3.05) is 22.3 Å². The quantitative estimate of drug-likeness (QED) is 0.777. The summed E-state index contributed by atoms with van der Waals surface area (Å²) in [6, 6.07) is 1.54. The van der Waals surface area contributed by atoms with Crippen LogP contribution in [-0.4, -0.2) is 20.7 Å². The third-order valence-electron chi connectivity index (χ3n) is 2.62. The molecular weight excluding hydrogens is 250 g/mol. The predicted molar refractivity (Wildman–Crippen MR) is 61.1 cm³/mol. The summed E-state index contributed by atoms with van der Waals surface area (Å²) in [4.78, 5) is 0. The fraction of sp³-hybridized carbons (Fsp3) is 0.400. The largest absolute Gasteiger partial charge is 0.397 e. The minimum atomic E-state index is -3.56. The Labute approximate surface area is 98.1 Å². The lowest BCUT2D eigenvalue weighted by Gasteiger charge is -2.19. The van der Waals surface area contributed by atoms with Gasteiger partial charge in [-0.05, 0) is 12.0 Å². The molecule has 4 nitrogen and oxygen atoms in total. The van der Waals surface area contributed by atoms with Gasteiger partial charge in [0.15, 0.2) is 5.82 Å². The van der Waals surface area contributed by atoms with Crippen LogP contribution in [0.15, 0.2) is 12.1 Å². The monoisotopic (exact) mass is 262 g/mol. The third kappa shape index (κ3) is 2.06. The SMILES string of the molecule is CC1CN(c2c(N)cc(F)cc2F)S(=O)(=O)C1. The molecular formula is C10H12F2N2O2S. The molecule has 2 N–H and O–H groups in total. The Morgan fingerprint density at radius 2 is 2.06 bits per heavy atom. The highest BCUT2D eigenvalue weighted by Crippen LogP contribution is 2.34. The van der Waals surface area contributed by atoms with Crippen LogP contribution < -0.4 is 10.0 Å². The highest BCUT2D eigenvalue weighted by atomic mass is 32.2. The van der Waals surface area contributed by atoms with E-state index in [1.54, 1.807) is 6.92 Å². The number of benzene rings is 1. The first-order valence-electron chi connectivity index (χ1n) is 5.06. The number of nitrogens with zero attached hydrogens (tertiary/aromatic N) is 1. The van der Waals surface area contributed by atoms with E-state index in [0.29, 0.717) is 6.07 Å². The van der Waals surface area contributed by atoms with Crippen LogP contribution >= 0.6 is 0 Å². The molecule has 17 heavy (non-hydrogen) atoms. The summed E-state index contributed by atoms with van der Waals surface area (Å²) < 4.78 is 50.9. The highest BCUT2D eigenvalue weighted by molar-refractivity contribution is 7.93. The first-order valence-corrected chi connectivity index (χ1v) is 6.67. The Kier molecular flexibility index (Phi) is 2.73. The van der Waals surface area contributed by atoms with Crippen molar-refractivity contribution in [2.45, 2.75) is 6.92 Å². The van der Waals surface area contributed by atoms with Crippen molar-refractivity contribution >= 4 is 21.4 Å². The molecule has 0 amide bonds. The maximum atomic E-state index is 13.6.